The average Bonchev–Trinajstić information content (AvgIpc) is 2.63. The molecule has 78 valence electrons. The highest BCUT2D eigenvalue weighted by Crippen LogP contribution is 2.26. The van der Waals surface area contributed by atoms with Gasteiger partial charge in [0.05, 0.1) is 6.33 Å². The van der Waals surface area contributed by atoms with Crippen LogP contribution < -0.4 is 5.73 Å². The number of nitrogens with zero attached hydrogens (tertiary/aromatic N) is 2. The van der Waals surface area contributed by atoms with Crippen LogP contribution in [0, 0.1) is 5.92 Å². The summed E-state index contributed by atoms with van der Waals surface area (Å²) in [5, 5.41) is 0. The fraction of sp³-hybridized carbons (Fsp3) is 0.727. The van der Waals surface area contributed by atoms with E-state index in [1.165, 1.54) is 38.5 Å². The second-order valence-electron chi connectivity index (χ2n) is 4.33. The number of hydrogen-bond donors (Lipinski definition) is 1. The summed E-state index contributed by atoms with van der Waals surface area (Å²) in [5.41, 5.74) is 5.56. The molecular formula is C11H19N3. The first kappa shape index (κ1) is 9.56. The molecule has 0 atom stereocenters. The quantitative estimate of drug-likeness (QED) is 0.801. The lowest BCUT2D eigenvalue weighted by molar-refractivity contribution is 0.324. The van der Waals surface area contributed by atoms with Gasteiger partial charge < -0.3 is 10.3 Å². The summed E-state index contributed by atoms with van der Waals surface area (Å²) in [7, 11) is 0. The Morgan fingerprint density at radius 2 is 2.14 bits per heavy atom. The van der Waals surface area contributed by atoms with E-state index in [-0.39, 0.29) is 0 Å². The van der Waals surface area contributed by atoms with Gasteiger partial charge in [-0.2, -0.15) is 0 Å². The number of hydrogen-bond acceptors (Lipinski definition) is 2. The molecule has 1 aromatic rings. The van der Waals surface area contributed by atoms with Crippen molar-refractivity contribution in [3.05, 3.63) is 12.5 Å². The van der Waals surface area contributed by atoms with Crippen molar-refractivity contribution >= 4 is 5.82 Å². The molecule has 0 amide bonds. The molecule has 0 bridgehead atoms. The van der Waals surface area contributed by atoms with Crippen LogP contribution in [0.5, 0.6) is 0 Å². The monoisotopic (exact) mass is 193 g/mol. The molecule has 0 spiro atoms. The number of nitrogens with two attached hydrogens (primary N) is 1. The van der Waals surface area contributed by atoms with Crippen LogP contribution in [0.1, 0.15) is 38.5 Å². The van der Waals surface area contributed by atoms with E-state index < -0.39 is 0 Å². The van der Waals surface area contributed by atoms with Crippen LogP contribution in [-0.4, -0.2) is 9.55 Å². The third-order valence-electron chi connectivity index (χ3n) is 3.17. The van der Waals surface area contributed by atoms with Crippen molar-refractivity contribution in [2.75, 3.05) is 5.73 Å². The summed E-state index contributed by atoms with van der Waals surface area (Å²) in [6, 6.07) is 0. The predicted octanol–water partition coefficient (Wildman–Crippen LogP) is 2.44. The molecule has 1 fully saturated rings. The van der Waals surface area contributed by atoms with Crippen LogP contribution in [0.2, 0.25) is 0 Å². The molecule has 1 aliphatic carbocycles. The Labute approximate surface area is 85.3 Å². The van der Waals surface area contributed by atoms with Gasteiger partial charge in [-0.05, 0) is 12.3 Å². The fourth-order valence-corrected chi connectivity index (χ4v) is 2.31. The zero-order chi connectivity index (χ0) is 9.80. The minimum absolute atomic E-state index is 0.633. The molecule has 2 N–H and O–H groups in total. The first-order valence-electron chi connectivity index (χ1n) is 5.62. The molecule has 0 unspecified atom stereocenters. The van der Waals surface area contributed by atoms with Crippen molar-refractivity contribution in [3.63, 3.8) is 0 Å². The zero-order valence-electron chi connectivity index (χ0n) is 8.65. The number of aromatic nitrogens is 2. The van der Waals surface area contributed by atoms with E-state index in [0.717, 1.165) is 12.5 Å². The van der Waals surface area contributed by atoms with Crippen molar-refractivity contribution in [1.82, 2.24) is 9.55 Å². The summed E-state index contributed by atoms with van der Waals surface area (Å²) < 4.78 is 2.10. The average molecular weight is 193 g/mol. The largest absolute Gasteiger partial charge is 0.382 e. The second kappa shape index (κ2) is 4.49. The lowest BCUT2D eigenvalue weighted by Gasteiger charge is -2.21. The van der Waals surface area contributed by atoms with E-state index in [1.807, 2.05) is 12.5 Å². The maximum atomic E-state index is 5.56. The van der Waals surface area contributed by atoms with Gasteiger partial charge >= 0.3 is 0 Å². The van der Waals surface area contributed by atoms with Gasteiger partial charge in [-0.15, -0.1) is 0 Å². The predicted molar refractivity (Wildman–Crippen MR) is 57.8 cm³/mol. The molecule has 1 saturated carbocycles. The topological polar surface area (TPSA) is 43.8 Å². The SMILES string of the molecule is Nc1cn(CCC2CCCCC2)cn1. The lowest BCUT2D eigenvalue weighted by atomic mass is 9.87. The van der Waals surface area contributed by atoms with E-state index in [9.17, 15) is 0 Å². The van der Waals surface area contributed by atoms with E-state index in [0.29, 0.717) is 5.82 Å². The van der Waals surface area contributed by atoms with Crippen molar-refractivity contribution in [1.29, 1.82) is 0 Å². The Bertz CT molecular complexity index is 274. The van der Waals surface area contributed by atoms with Crippen LogP contribution in [0.3, 0.4) is 0 Å². The van der Waals surface area contributed by atoms with Crippen LogP contribution in [-0.2, 0) is 6.54 Å². The molecule has 0 radical (unpaired) electrons. The molecule has 3 nitrogen and oxygen atoms in total. The minimum atomic E-state index is 0.633. The number of aryl methyl sites for hydroxylation is 1. The van der Waals surface area contributed by atoms with Crippen molar-refractivity contribution in [2.24, 2.45) is 5.92 Å². The van der Waals surface area contributed by atoms with E-state index >= 15 is 0 Å². The Hall–Kier alpha value is -0.990. The molecule has 14 heavy (non-hydrogen) atoms. The first-order valence-corrected chi connectivity index (χ1v) is 5.62. The van der Waals surface area contributed by atoms with Gasteiger partial charge in [-0.1, -0.05) is 32.1 Å². The molecule has 3 heteroatoms. The van der Waals surface area contributed by atoms with E-state index in [4.69, 9.17) is 5.73 Å². The minimum Gasteiger partial charge on any atom is -0.382 e. The molecule has 1 heterocycles. The third-order valence-corrected chi connectivity index (χ3v) is 3.17. The molecule has 1 aromatic heterocycles. The smallest absolute Gasteiger partial charge is 0.141 e. The fourth-order valence-electron chi connectivity index (χ4n) is 2.31. The summed E-state index contributed by atoms with van der Waals surface area (Å²) >= 11 is 0. The Kier molecular flexibility index (Phi) is 3.07. The van der Waals surface area contributed by atoms with Gasteiger partial charge in [-0.25, -0.2) is 4.98 Å². The van der Waals surface area contributed by atoms with Crippen molar-refractivity contribution in [3.8, 4) is 0 Å². The Morgan fingerprint density at radius 1 is 1.36 bits per heavy atom. The maximum absolute atomic E-state index is 5.56. The van der Waals surface area contributed by atoms with E-state index in [1.54, 1.807) is 0 Å². The van der Waals surface area contributed by atoms with Crippen LogP contribution in [0.25, 0.3) is 0 Å². The number of anilines is 1. The Morgan fingerprint density at radius 3 is 2.79 bits per heavy atom. The van der Waals surface area contributed by atoms with Gasteiger partial charge in [0.2, 0.25) is 0 Å². The van der Waals surface area contributed by atoms with Crippen LogP contribution in [0.15, 0.2) is 12.5 Å². The normalized spacial score (nSPS) is 18.6. The second-order valence-corrected chi connectivity index (χ2v) is 4.33. The van der Waals surface area contributed by atoms with Crippen LogP contribution >= 0.6 is 0 Å². The highest BCUT2D eigenvalue weighted by Gasteiger charge is 2.12. The van der Waals surface area contributed by atoms with Crippen LogP contribution in [0.4, 0.5) is 5.82 Å². The highest BCUT2D eigenvalue weighted by molar-refractivity contribution is 5.22. The summed E-state index contributed by atoms with van der Waals surface area (Å²) in [5.74, 6) is 1.57. The number of nitrogen functional groups attached to an aromatic ring is 1. The number of imidazole rings is 1. The Balaban J connectivity index is 1.76. The van der Waals surface area contributed by atoms with Crippen molar-refractivity contribution in [2.45, 2.75) is 45.1 Å². The molecule has 2 rings (SSSR count). The molecule has 0 saturated heterocycles. The van der Waals surface area contributed by atoms with Gasteiger partial charge in [0.15, 0.2) is 0 Å². The summed E-state index contributed by atoms with van der Waals surface area (Å²) in [6.45, 7) is 1.08. The highest BCUT2D eigenvalue weighted by atomic mass is 15.1. The summed E-state index contributed by atoms with van der Waals surface area (Å²) in [4.78, 5) is 4.02. The van der Waals surface area contributed by atoms with Gasteiger partial charge in [0.25, 0.3) is 0 Å². The summed E-state index contributed by atoms with van der Waals surface area (Å²) in [6.07, 6.45) is 12.2. The molecular weight excluding hydrogens is 174 g/mol. The molecule has 0 aliphatic heterocycles. The van der Waals surface area contributed by atoms with E-state index in [2.05, 4.69) is 9.55 Å². The van der Waals surface area contributed by atoms with Gasteiger partial charge in [0, 0.05) is 12.7 Å². The van der Waals surface area contributed by atoms with Gasteiger partial charge in [0.1, 0.15) is 5.82 Å². The maximum Gasteiger partial charge on any atom is 0.141 e. The standard InChI is InChI=1S/C11H19N3/c12-11-8-14(9-13-11)7-6-10-4-2-1-3-5-10/h8-10H,1-7,12H2. The molecule has 1 aliphatic rings. The lowest BCUT2D eigenvalue weighted by Crippen LogP contribution is -2.09. The van der Waals surface area contributed by atoms with Gasteiger partial charge in [-0.3, -0.25) is 0 Å². The number of rotatable bonds is 3. The van der Waals surface area contributed by atoms with Crippen molar-refractivity contribution < 1.29 is 0 Å². The first-order chi connectivity index (χ1) is 6.84. The zero-order valence-corrected chi connectivity index (χ0v) is 8.65. The molecule has 0 aromatic carbocycles. The third kappa shape index (κ3) is 2.50.